The van der Waals surface area contributed by atoms with Crippen LogP contribution in [0.1, 0.15) is 31.7 Å². The fraction of sp³-hybridized carbons (Fsp3) is 0.500. The van der Waals surface area contributed by atoms with E-state index in [1.807, 2.05) is 11.3 Å². The molecule has 0 spiro atoms. The number of hydrogen-bond acceptors (Lipinski definition) is 5. The molecule has 3 aliphatic heterocycles. The molecule has 2 saturated heterocycles. The molecule has 2 fully saturated rings. The van der Waals surface area contributed by atoms with E-state index in [4.69, 9.17) is 9.72 Å². The summed E-state index contributed by atoms with van der Waals surface area (Å²) in [6.07, 6.45) is 1.19. The molecule has 30 heavy (non-hydrogen) atoms. The van der Waals surface area contributed by atoms with Crippen LogP contribution in [0.3, 0.4) is 0 Å². The van der Waals surface area contributed by atoms with Gasteiger partial charge in [-0.1, -0.05) is 13.8 Å². The maximum atomic E-state index is 5.52. The van der Waals surface area contributed by atoms with Gasteiger partial charge in [0.05, 0.1) is 20.8 Å². The highest BCUT2D eigenvalue weighted by molar-refractivity contribution is 7.21. The molecule has 0 radical (unpaired) electrons. The molecular weight excluding hydrogens is 392 g/mol. The highest BCUT2D eigenvalue weighted by atomic mass is 32.1. The molecule has 0 unspecified atom stereocenters. The van der Waals surface area contributed by atoms with Crippen molar-refractivity contribution in [1.82, 2.24) is 14.9 Å². The number of rotatable bonds is 2. The summed E-state index contributed by atoms with van der Waals surface area (Å²) in [7, 11) is 0. The van der Waals surface area contributed by atoms with Crippen molar-refractivity contribution in [2.45, 2.75) is 26.2 Å². The third-order valence-electron chi connectivity index (χ3n) is 6.19. The van der Waals surface area contributed by atoms with Crippen molar-refractivity contribution in [3.8, 4) is 10.6 Å². The molecule has 1 aromatic rings. The molecule has 3 heterocycles. The second kappa shape index (κ2) is 8.61. The number of anilines is 1. The van der Waals surface area contributed by atoms with Crippen molar-refractivity contribution in [2.75, 3.05) is 57.4 Å². The van der Waals surface area contributed by atoms with Gasteiger partial charge < -0.3 is 15.0 Å². The first-order chi connectivity index (χ1) is 14.7. The second-order valence-corrected chi connectivity index (χ2v) is 9.68. The third-order valence-corrected chi connectivity index (χ3v) is 7.27. The van der Waals surface area contributed by atoms with Gasteiger partial charge >= 0.3 is 0 Å². The number of benzene rings is 2. The Bertz CT molecular complexity index is 1070. The van der Waals surface area contributed by atoms with E-state index in [1.165, 1.54) is 38.1 Å². The van der Waals surface area contributed by atoms with E-state index in [2.05, 4.69) is 59.0 Å². The minimum Gasteiger partial charge on any atom is -0.370 e. The van der Waals surface area contributed by atoms with E-state index >= 15 is 0 Å². The molecule has 0 saturated carbocycles. The highest BCUT2D eigenvalue weighted by Gasteiger charge is 2.18. The Kier molecular flexibility index (Phi) is 5.72. The lowest BCUT2D eigenvalue weighted by molar-refractivity contribution is 0.0966. The summed E-state index contributed by atoms with van der Waals surface area (Å²) in [5, 5.41) is 4.80. The summed E-state index contributed by atoms with van der Waals surface area (Å²) < 4.78 is 9.23. The fourth-order valence-corrected chi connectivity index (χ4v) is 5.55. The zero-order chi connectivity index (χ0) is 20.5. The number of nitrogens with zero attached hydrogens (tertiary/aromatic N) is 3. The predicted molar refractivity (Wildman–Crippen MR) is 126 cm³/mol. The lowest BCUT2D eigenvalue weighted by Crippen LogP contribution is -2.39. The van der Waals surface area contributed by atoms with E-state index < -0.39 is 0 Å². The van der Waals surface area contributed by atoms with E-state index in [0.717, 1.165) is 58.2 Å². The quantitative estimate of drug-likeness (QED) is 0.508. The molecule has 0 atom stereocenters. The number of aromatic nitrogens is 1. The molecule has 5 nitrogen and oxygen atoms in total. The SMILES string of the molecule is CC(C)c1cc(N2CCCNCC2)cc2sc3cc(=[N+]4CCOCC4)ccc-3nc12. The first-order valence-corrected chi connectivity index (χ1v) is 12.0. The van der Waals surface area contributed by atoms with Gasteiger partial charge in [0.2, 0.25) is 5.36 Å². The van der Waals surface area contributed by atoms with Crippen molar-refractivity contribution in [2.24, 2.45) is 0 Å². The Morgan fingerprint density at radius 2 is 1.97 bits per heavy atom. The Morgan fingerprint density at radius 3 is 2.80 bits per heavy atom. The van der Waals surface area contributed by atoms with Gasteiger partial charge in [-0.2, -0.15) is 0 Å². The topological polar surface area (TPSA) is 40.4 Å². The fourth-order valence-electron chi connectivity index (χ4n) is 4.47. The molecular formula is C24H31N4OS+. The molecule has 0 aromatic heterocycles. The summed E-state index contributed by atoms with van der Waals surface area (Å²) >= 11 is 1.88. The molecule has 5 rings (SSSR count). The van der Waals surface area contributed by atoms with Gasteiger partial charge in [-0.25, -0.2) is 9.56 Å². The maximum absolute atomic E-state index is 5.52. The number of hydrogen-bond donors (Lipinski definition) is 1. The van der Waals surface area contributed by atoms with Crippen LogP contribution in [0.2, 0.25) is 0 Å². The second-order valence-electron chi connectivity index (χ2n) is 8.59. The van der Waals surface area contributed by atoms with Crippen molar-refractivity contribution >= 4 is 27.2 Å². The number of morpholine rings is 1. The van der Waals surface area contributed by atoms with Gasteiger partial charge in [0.15, 0.2) is 13.1 Å². The monoisotopic (exact) mass is 423 g/mol. The molecule has 158 valence electrons. The van der Waals surface area contributed by atoms with Crippen molar-refractivity contribution in [3.05, 3.63) is 41.3 Å². The first-order valence-electron chi connectivity index (χ1n) is 11.2. The smallest absolute Gasteiger partial charge is 0.201 e. The largest absolute Gasteiger partial charge is 0.370 e. The maximum Gasteiger partial charge on any atom is 0.201 e. The first kappa shape index (κ1) is 19.9. The Labute approximate surface area is 182 Å². The zero-order valence-corrected chi connectivity index (χ0v) is 18.8. The van der Waals surface area contributed by atoms with Crippen LogP contribution in [-0.2, 0) is 4.74 Å². The Morgan fingerprint density at radius 1 is 1.10 bits per heavy atom. The number of ether oxygens (including phenoxy) is 1. The van der Waals surface area contributed by atoms with E-state index in [9.17, 15) is 0 Å². The Hall–Kier alpha value is -2.02. The van der Waals surface area contributed by atoms with Crippen LogP contribution in [-0.4, -0.2) is 57.5 Å². The van der Waals surface area contributed by atoms with Gasteiger partial charge in [0.25, 0.3) is 0 Å². The van der Waals surface area contributed by atoms with Crippen molar-refractivity contribution in [1.29, 1.82) is 0 Å². The summed E-state index contributed by atoms with van der Waals surface area (Å²) in [6, 6.07) is 11.5. The van der Waals surface area contributed by atoms with Crippen LogP contribution < -0.4 is 20.1 Å². The molecule has 1 aromatic carbocycles. The van der Waals surface area contributed by atoms with Crippen LogP contribution in [0.4, 0.5) is 5.69 Å². The van der Waals surface area contributed by atoms with E-state index in [0.29, 0.717) is 5.92 Å². The molecule has 1 aliphatic carbocycles. The zero-order valence-electron chi connectivity index (χ0n) is 18.0. The van der Waals surface area contributed by atoms with Crippen LogP contribution in [0.5, 0.6) is 0 Å². The number of fused-ring (bicyclic) bond motifs is 2. The molecule has 6 heteroatoms. The van der Waals surface area contributed by atoms with Crippen molar-refractivity contribution < 1.29 is 4.74 Å². The third kappa shape index (κ3) is 3.96. The normalized spacial score (nSPS) is 18.4. The molecule has 0 amide bonds. The van der Waals surface area contributed by atoms with Crippen LogP contribution in [0, 0.1) is 0 Å². The van der Waals surface area contributed by atoms with E-state index in [1.54, 1.807) is 0 Å². The summed E-state index contributed by atoms with van der Waals surface area (Å²) in [4.78, 5) is 8.92. The van der Waals surface area contributed by atoms with Gasteiger partial charge in [0.1, 0.15) is 13.2 Å². The van der Waals surface area contributed by atoms with Gasteiger partial charge in [0, 0.05) is 37.5 Å². The molecule has 4 aliphatic rings. The minimum atomic E-state index is 0.447. The van der Waals surface area contributed by atoms with Crippen LogP contribution in [0.25, 0.3) is 20.8 Å². The molecule has 1 N–H and O–H groups in total. The van der Waals surface area contributed by atoms with Gasteiger partial charge in [-0.15, -0.1) is 11.3 Å². The standard InChI is InChI=1S/C24H31N4OS/c1-17(2)20-14-19(27-8-3-6-25-7-9-27)16-23-24(20)26-21-5-4-18(15-22(21)30-23)28-10-12-29-13-11-28/h4-5,14-17,25H,3,6-13H2,1-2H3/q+1. The predicted octanol–water partition coefficient (Wildman–Crippen LogP) is 3.13. The van der Waals surface area contributed by atoms with Crippen LogP contribution >= 0.6 is 11.3 Å². The highest BCUT2D eigenvalue weighted by Crippen LogP contribution is 2.36. The average Bonchev–Trinajstić information content (AvgIpc) is 3.07. The van der Waals surface area contributed by atoms with Crippen LogP contribution in [0.15, 0.2) is 30.3 Å². The van der Waals surface area contributed by atoms with Gasteiger partial charge in [-0.3, -0.25) is 0 Å². The summed E-state index contributed by atoms with van der Waals surface area (Å²) in [5.74, 6) is 0.447. The average molecular weight is 424 g/mol. The lowest BCUT2D eigenvalue weighted by Gasteiger charge is -2.24. The molecule has 0 bridgehead atoms. The Balaban J connectivity index is 1.66. The minimum absolute atomic E-state index is 0.447. The van der Waals surface area contributed by atoms with Crippen molar-refractivity contribution in [3.63, 3.8) is 0 Å². The van der Waals surface area contributed by atoms with Gasteiger partial charge in [-0.05, 0) is 42.6 Å². The number of nitrogens with one attached hydrogen (secondary N) is 1. The summed E-state index contributed by atoms with van der Waals surface area (Å²) in [5.41, 5.74) is 4.96. The van der Waals surface area contributed by atoms with E-state index in [-0.39, 0.29) is 0 Å². The summed E-state index contributed by atoms with van der Waals surface area (Å²) in [6.45, 7) is 12.4. The lowest BCUT2D eigenvalue weighted by atomic mass is 10.0.